The van der Waals surface area contributed by atoms with Crippen LogP contribution in [0.15, 0.2) is 41.2 Å². The average Bonchev–Trinajstić information content (AvgIpc) is 2.55. The van der Waals surface area contributed by atoms with Gasteiger partial charge in [-0.15, -0.1) is 0 Å². The predicted octanol–water partition coefficient (Wildman–Crippen LogP) is 3.52. The molecule has 4 nitrogen and oxygen atoms in total. The van der Waals surface area contributed by atoms with Crippen LogP contribution in [0.4, 0.5) is 4.39 Å². The van der Waals surface area contributed by atoms with Crippen molar-refractivity contribution in [3.05, 3.63) is 63.8 Å². The van der Waals surface area contributed by atoms with Crippen molar-refractivity contribution in [1.82, 2.24) is 4.98 Å². The molecule has 0 fully saturated rings. The summed E-state index contributed by atoms with van der Waals surface area (Å²) in [4.78, 5) is 14.8. The van der Waals surface area contributed by atoms with Crippen molar-refractivity contribution in [3.8, 4) is 22.9 Å². The summed E-state index contributed by atoms with van der Waals surface area (Å²) in [7, 11) is 1.54. The Morgan fingerprint density at radius 3 is 2.70 bits per heavy atom. The second kappa shape index (κ2) is 5.58. The number of hydrogen-bond acceptors (Lipinski definition) is 3. The van der Waals surface area contributed by atoms with Crippen LogP contribution in [0.1, 0.15) is 11.3 Å². The van der Waals surface area contributed by atoms with Crippen LogP contribution < -0.4 is 10.3 Å². The number of rotatable bonds is 2. The fraction of sp³-hybridized carbons (Fsp3) is 0.111. The fourth-order valence-corrected chi connectivity index (χ4v) is 2.81. The highest BCUT2D eigenvalue weighted by atomic mass is 19.1. The Balaban J connectivity index is 2.55. The van der Waals surface area contributed by atoms with E-state index in [4.69, 9.17) is 4.74 Å². The lowest BCUT2D eigenvalue weighted by atomic mass is 9.94. The zero-order valence-electron chi connectivity index (χ0n) is 12.6. The number of fused-ring (bicyclic) bond motifs is 1. The number of pyridine rings is 1. The minimum atomic E-state index is -0.411. The summed E-state index contributed by atoms with van der Waals surface area (Å²) >= 11 is 0. The van der Waals surface area contributed by atoms with Crippen molar-refractivity contribution in [3.63, 3.8) is 0 Å². The molecule has 0 unspecified atom stereocenters. The molecule has 0 bridgehead atoms. The molecule has 0 aliphatic carbocycles. The Morgan fingerprint density at radius 1 is 1.26 bits per heavy atom. The molecule has 0 amide bonds. The van der Waals surface area contributed by atoms with Gasteiger partial charge in [0, 0.05) is 16.3 Å². The molecule has 2 aromatic carbocycles. The zero-order chi connectivity index (χ0) is 16.6. The third kappa shape index (κ3) is 2.34. The van der Waals surface area contributed by atoms with Gasteiger partial charge in [0.1, 0.15) is 23.3 Å². The minimum Gasteiger partial charge on any atom is -0.496 e. The highest BCUT2D eigenvalue weighted by Crippen LogP contribution is 2.35. The van der Waals surface area contributed by atoms with E-state index in [1.54, 1.807) is 24.3 Å². The number of nitriles is 1. The van der Waals surface area contributed by atoms with Crippen LogP contribution in [0.2, 0.25) is 0 Å². The largest absolute Gasteiger partial charge is 0.496 e. The second-order valence-corrected chi connectivity index (χ2v) is 5.14. The van der Waals surface area contributed by atoms with E-state index in [9.17, 15) is 14.4 Å². The van der Waals surface area contributed by atoms with Crippen molar-refractivity contribution < 1.29 is 9.13 Å². The van der Waals surface area contributed by atoms with Crippen LogP contribution in [0.3, 0.4) is 0 Å². The summed E-state index contributed by atoms with van der Waals surface area (Å²) in [6.07, 6.45) is 0. The number of aryl methyl sites for hydroxylation is 1. The molecule has 0 saturated heterocycles. The van der Waals surface area contributed by atoms with Gasteiger partial charge in [-0.2, -0.15) is 5.26 Å². The number of aromatic nitrogens is 1. The molecule has 0 atom stereocenters. The maximum absolute atomic E-state index is 13.6. The number of H-pyrrole nitrogens is 1. The standard InChI is InChI=1S/C18H13FN2O2/c1-10-15(23-2)7-6-13-16(10)17(14(9-20)21-18(13)22)11-4-3-5-12(19)8-11/h3-8H,1-2H3,(H,21,22). The number of benzene rings is 2. The normalized spacial score (nSPS) is 10.5. The molecule has 1 N–H and O–H groups in total. The van der Waals surface area contributed by atoms with Gasteiger partial charge in [0.2, 0.25) is 0 Å². The number of nitrogens with one attached hydrogen (secondary N) is 1. The van der Waals surface area contributed by atoms with Crippen LogP contribution in [-0.4, -0.2) is 12.1 Å². The predicted molar refractivity (Wildman–Crippen MR) is 86.0 cm³/mol. The van der Waals surface area contributed by atoms with Gasteiger partial charge in [0.25, 0.3) is 5.56 Å². The van der Waals surface area contributed by atoms with Crippen LogP contribution in [-0.2, 0) is 0 Å². The molecule has 0 aliphatic heterocycles. The summed E-state index contributed by atoms with van der Waals surface area (Å²) in [5.41, 5.74) is 1.50. The van der Waals surface area contributed by atoms with Gasteiger partial charge in [-0.1, -0.05) is 12.1 Å². The Bertz CT molecular complexity index is 1020. The van der Waals surface area contributed by atoms with Gasteiger partial charge in [-0.05, 0) is 42.3 Å². The van der Waals surface area contributed by atoms with Gasteiger partial charge < -0.3 is 9.72 Å². The van der Waals surface area contributed by atoms with E-state index in [0.717, 1.165) is 5.56 Å². The molecule has 1 heterocycles. The molecule has 114 valence electrons. The number of hydrogen-bond donors (Lipinski definition) is 1. The third-order valence-corrected chi connectivity index (χ3v) is 3.84. The molecule has 5 heteroatoms. The lowest BCUT2D eigenvalue weighted by Crippen LogP contribution is -2.11. The number of nitrogens with zero attached hydrogens (tertiary/aromatic N) is 1. The van der Waals surface area contributed by atoms with E-state index in [1.807, 2.05) is 13.0 Å². The van der Waals surface area contributed by atoms with Crippen molar-refractivity contribution in [2.24, 2.45) is 0 Å². The Hall–Kier alpha value is -3.13. The Morgan fingerprint density at radius 2 is 2.04 bits per heavy atom. The molecular weight excluding hydrogens is 295 g/mol. The second-order valence-electron chi connectivity index (χ2n) is 5.14. The summed E-state index contributed by atoms with van der Waals surface area (Å²) < 4.78 is 18.9. The SMILES string of the molecule is COc1ccc2c(=O)[nH]c(C#N)c(-c3cccc(F)c3)c2c1C. The van der Waals surface area contributed by atoms with E-state index in [2.05, 4.69) is 4.98 Å². The summed E-state index contributed by atoms with van der Waals surface area (Å²) in [5.74, 6) is 0.191. The molecule has 3 aromatic rings. The highest BCUT2D eigenvalue weighted by Gasteiger charge is 2.17. The molecule has 1 aromatic heterocycles. The number of aromatic amines is 1. The van der Waals surface area contributed by atoms with Crippen molar-refractivity contribution in [2.45, 2.75) is 6.92 Å². The van der Waals surface area contributed by atoms with Crippen molar-refractivity contribution in [2.75, 3.05) is 7.11 Å². The Kier molecular flexibility index (Phi) is 3.59. The summed E-state index contributed by atoms with van der Waals surface area (Å²) in [6, 6.07) is 11.3. The van der Waals surface area contributed by atoms with Gasteiger partial charge in [-0.25, -0.2) is 4.39 Å². The quantitative estimate of drug-likeness (QED) is 0.787. The molecule has 3 rings (SSSR count). The molecule has 0 radical (unpaired) electrons. The van der Waals surface area contributed by atoms with Crippen LogP contribution >= 0.6 is 0 Å². The van der Waals surface area contributed by atoms with Gasteiger partial charge >= 0.3 is 0 Å². The van der Waals surface area contributed by atoms with Gasteiger partial charge in [0.15, 0.2) is 0 Å². The molecular formula is C18H13FN2O2. The van der Waals surface area contributed by atoms with Crippen molar-refractivity contribution in [1.29, 1.82) is 5.26 Å². The van der Waals surface area contributed by atoms with Crippen LogP contribution in [0.5, 0.6) is 5.75 Å². The highest BCUT2D eigenvalue weighted by molar-refractivity contribution is 6.01. The molecule has 23 heavy (non-hydrogen) atoms. The minimum absolute atomic E-state index is 0.101. The number of methoxy groups -OCH3 is 1. The maximum Gasteiger partial charge on any atom is 0.256 e. The van der Waals surface area contributed by atoms with Gasteiger partial charge in [0.05, 0.1) is 7.11 Å². The number of halogens is 1. The summed E-state index contributed by atoms with van der Waals surface area (Å²) in [5, 5.41) is 10.4. The van der Waals surface area contributed by atoms with Crippen molar-refractivity contribution >= 4 is 10.8 Å². The lowest BCUT2D eigenvalue weighted by Gasteiger charge is -2.14. The van der Waals surface area contributed by atoms with E-state index in [1.165, 1.54) is 19.2 Å². The maximum atomic E-state index is 13.6. The van der Waals surface area contributed by atoms with E-state index >= 15 is 0 Å². The molecule has 0 spiro atoms. The first-order valence-corrected chi connectivity index (χ1v) is 6.96. The van der Waals surface area contributed by atoms with Crippen LogP contribution in [0.25, 0.3) is 21.9 Å². The van der Waals surface area contributed by atoms with Gasteiger partial charge in [-0.3, -0.25) is 4.79 Å². The monoisotopic (exact) mass is 308 g/mol. The summed E-state index contributed by atoms with van der Waals surface area (Å²) in [6.45, 7) is 1.81. The zero-order valence-corrected chi connectivity index (χ0v) is 12.6. The topological polar surface area (TPSA) is 65.9 Å². The van der Waals surface area contributed by atoms with E-state index in [0.29, 0.717) is 27.6 Å². The van der Waals surface area contributed by atoms with Crippen LogP contribution in [0, 0.1) is 24.1 Å². The average molecular weight is 308 g/mol. The first-order valence-electron chi connectivity index (χ1n) is 6.96. The third-order valence-electron chi connectivity index (χ3n) is 3.84. The first-order chi connectivity index (χ1) is 11.1. The molecule has 0 aliphatic rings. The lowest BCUT2D eigenvalue weighted by molar-refractivity contribution is 0.412. The number of ether oxygens (including phenoxy) is 1. The first kappa shape index (κ1) is 14.8. The molecule has 0 saturated carbocycles. The fourth-order valence-electron chi connectivity index (χ4n) is 2.81. The van der Waals surface area contributed by atoms with E-state index < -0.39 is 5.82 Å². The van der Waals surface area contributed by atoms with E-state index in [-0.39, 0.29) is 11.3 Å². The Labute approximate surface area is 131 Å². The smallest absolute Gasteiger partial charge is 0.256 e.